The molecule has 0 radical (unpaired) electrons. The molecule has 0 spiro atoms. The van der Waals surface area contributed by atoms with E-state index in [1.165, 1.54) is 30.9 Å². The van der Waals surface area contributed by atoms with Crippen LogP contribution in [0.25, 0.3) is 0 Å². The molecule has 9 heteroatoms. The molecular weight excluding hydrogens is 396 g/mol. The number of nitro benzene ring substituents is 1. The topological polar surface area (TPSA) is 87.9 Å². The Hall–Kier alpha value is -2.84. The van der Waals surface area contributed by atoms with Crippen molar-refractivity contribution in [3.05, 3.63) is 57.1 Å². The molecule has 0 atom stereocenters. The van der Waals surface area contributed by atoms with E-state index in [1.807, 2.05) is 18.2 Å². The molecule has 1 aliphatic rings. The van der Waals surface area contributed by atoms with Crippen molar-refractivity contribution in [1.82, 2.24) is 4.90 Å². The van der Waals surface area contributed by atoms with Gasteiger partial charge in [-0.25, -0.2) is 0 Å². The molecule has 154 valence electrons. The number of ether oxygens (including phenoxy) is 1. The smallest absolute Gasteiger partial charge is 0.273 e. The fourth-order valence-corrected chi connectivity index (χ4v) is 3.53. The summed E-state index contributed by atoms with van der Waals surface area (Å²) in [4.78, 5) is 27.2. The molecule has 1 heterocycles. The molecular formula is C20H23ClN4O4. The van der Waals surface area contributed by atoms with Crippen LogP contribution < -0.4 is 15.0 Å². The molecule has 0 aliphatic carbocycles. The Labute approximate surface area is 174 Å². The predicted octanol–water partition coefficient (Wildman–Crippen LogP) is 3.33. The first-order valence-electron chi connectivity index (χ1n) is 9.23. The summed E-state index contributed by atoms with van der Waals surface area (Å²) >= 11 is 6.12. The number of nitrogens with one attached hydrogen (secondary N) is 1. The molecule has 0 aromatic heterocycles. The number of piperazine rings is 1. The first-order chi connectivity index (χ1) is 13.9. The summed E-state index contributed by atoms with van der Waals surface area (Å²) in [5, 5.41) is 14.4. The second-order valence-electron chi connectivity index (χ2n) is 6.88. The predicted molar refractivity (Wildman–Crippen MR) is 113 cm³/mol. The lowest BCUT2D eigenvalue weighted by Crippen LogP contribution is -2.48. The molecule has 1 saturated heterocycles. The van der Waals surface area contributed by atoms with Gasteiger partial charge in [0.2, 0.25) is 5.91 Å². The molecule has 0 unspecified atom stereocenters. The zero-order valence-electron chi connectivity index (χ0n) is 16.4. The summed E-state index contributed by atoms with van der Waals surface area (Å²) in [6.07, 6.45) is 0. The number of anilines is 2. The van der Waals surface area contributed by atoms with Crippen LogP contribution in [0.1, 0.15) is 5.56 Å². The van der Waals surface area contributed by atoms with Crippen LogP contribution in [0.15, 0.2) is 36.4 Å². The highest BCUT2D eigenvalue weighted by Gasteiger charge is 2.21. The third-order valence-corrected chi connectivity index (χ3v) is 5.16. The highest BCUT2D eigenvalue weighted by atomic mass is 35.5. The number of nitro groups is 1. The van der Waals surface area contributed by atoms with Crippen LogP contribution in [0.3, 0.4) is 0 Å². The van der Waals surface area contributed by atoms with Crippen molar-refractivity contribution in [3.8, 4) is 5.75 Å². The van der Waals surface area contributed by atoms with Gasteiger partial charge < -0.3 is 15.0 Å². The summed E-state index contributed by atoms with van der Waals surface area (Å²) in [5.74, 6) is 0.0679. The third kappa shape index (κ3) is 5.16. The number of non-ortho nitro benzene ring substituents is 1. The quantitative estimate of drug-likeness (QED) is 0.572. The second kappa shape index (κ2) is 9.11. The molecule has 3 rings (SSSR count). The lowest BCUT2D eigenvalue weighted by Gasteiger charge is -2.36. The minimum absolute atomic E-state index is 0.0905. The zero-order valence-corrected chi connectivity index (χ0v) is 17.1. The van der Waals surface area contributed by atoms with Crippen LogP contribution in [-0.4, -0.2) is 55.6 Å². The molecule has 1 amide bonds. The van der Waals surface area contributed by atoms with E-state index in [4.69, 9.17) is 16.3 Å². The Balaban J connectivity index is 1.56. The molecule has 29 heavy (non-hydrogen) atoms. The molecule has 1 N–H and O–H groups in total. The lowest BCUT2D eigenvalue weighted by atomic mass is 10.1. The summed E-state index contributed by atoms with van der Waals surface area (Å²) in [6.45, 7) is 5.39. The summed E-state index contributed by atoms with van der Waals surface area (Å²) < 4.78 is 5.16. The lowest BCUT2D eigenvalue weighted by molar-refractivity contribution is -0.384. The summed E-state index contributed by atoms with van der Waals surface area (Å²) in [7, 11) is 1.41. The molecule has 0 saturated carbocycles. The fraction of sp³-hybridized carbons (Fsp3) is 0.350. The van der Waals surface area contributed by atoms with Crippen LogP contribution in [0.5, 0.6) is 5.75 Å². The summed E-state index contributed by atoms with van der Waals surface area (Å²) in [5.41, 5.74) is 2.62. The van der Waals surface area contributed by atoms with Gasteiger partial charge in [0, 0.05) is 43.0 Å². The Kier molecular flexibility index (Phi) is 6.56. The maximum atomic E-state index is 12.4. The second-order valence-corrected chi connectivity index (χ2v) is 7.32. The number of carbonyl (C=O) groups is 1. The summed E-state index contributed by atoms with van der Waals surface area (Å²) in [6, 6.07) is 9.98. The van der Waals surface area contributed by atoms with E-state index < -0.39 is 4.92 Å². The van der Waals surface area contributed by atoms with Crippen molar-refractivity contribution in [2.24, 2.45) is 0 Å². The fourth-order valence-electron chi connectivity index (χ4n) is 3.36. The van der Waals surface area contributed by atoms with Gasteiger partial charge in [0.05, 0.1) is 30.3 Å². The molecule has 1 aliphatic heterocycles. The SMILES string of the molecule is COc1cc([N+](=O)[O-])ccc1NC(=O)CN1CCN(c2cc(Cl)ccc2C)CC1. The number of aryl methyl sites for hydroxylation is 1. The first-order valence-corrected chi connectivity index (χ1v) is 9.61. The number of hydrogen-bond acceptors (Lipinski definition) is 6. The van der Waals surface area contributed by atoms with Crippen LogP contribution in [-0.2, 0) is 4.79 Å². The van der Waals surface area contributed by atoms with Gasteiger partial charge in [0.1, 0.15) is 5.75 Å². The Morgan fingerprint density at radius 1 is 1.21 bits per heavy atom. The van der Waals surface area contributed by atoms with Gasteiger partial charge in [0.25, 0.3) is 5.69 Å². The molecule has 8 nitrogen and oxygen atoms in total. The Morgan fingerprint density at radius 3 is 2.59 bits per heavy atom. The van der Waals surface area contributed by atoms with E-state index in [-0.39, 0.29) is 23.9 Å². The van der Waals surface area contributed by atoms with Crippen LogP contribution >= 0.6 is 11.6 Å². The normalized spacial score (nSPS) is 14.5. The van der Waals surface area contributed by atoms with Crippen molar-refractivity contribution in [3.63, 3.8) is 0 Å². The third-order valence-electron chi connectivity index (χ3n) is 4.92. The molecule has 2 aromatic rings. The van der Waals surface area contributed by atoms with E-state index in [0.29, 0.717) is 10.7 Å². The van der Waals surface area contributed by atoms with Gasteiger partial charge in [-0.05, 0) is 30.7 Å². The van der Waals surface area contributed by atoms with Gasteiger partial charge >= 0.3 is 0 Å². The van der Waals surface area contributed by atoms with Crippen molar-refractivity contribution >= 4 is 34.6 Å². The molecule has 0 bridgehead atoms. The van der Waals surface area contributed by atoms with E-state index in [0.717, 1.165) is 31.9 Å². The molecule has 1 fully saturated rings. The highest BCUT2D eigenvalue weighted by Crippen LogP contribution is 2.29. The number of carbonyl (C=O) groups excluding carboxylic acids is 1. The average molecular weight is 419 g/mol. The van der Waals surface area contributed by atoms with Crippen LogP contribution in [0.2, 0.25) is 5.02 Å². The number of hydrogen-bond donors (Lipinski definition) is 1. The van der Waals surface area contributed by atoms with Crippen molar-refractivity contribution in [2.45, 2.75) is 6.92 Å². The zero-order chi connectivity index (χ0) is 21.0. The minimum Gasteiger partial charge on any atom is -0.494 e. The number of benzene rings is 2. The minimum atomic E-state index is -0.505. The van der Waals surface area contributed by atoms with Gasteiger partial charge in [-0.2, -0.15) is 0 Å². The Morgan fingerprint density at radius 2 is 1.93 bits per heavy atom. The van der Waals surface area contributed by atoms with Gasteiger partial charge in [-0.1, -0.05) is 17.7 Å². The Bertz CT molecular complexity index is 913. The van der Waals surface area contributed by atoms with Crippen molar-refractivity contribution in [2.75, 3.05) is 50.1 Å². The average Bonchev–Trinajstić information content (AvgIpc) is 2.70. The van der Waals surface area contributed by atoms with E-state index >= 15 is 0 Å². The van der Waals surface area contributed by atoms with Crippen LogP contribution in [0, 0.1) is 17.0 Å². The van der Waals surface area contributed by atoms with Crippen LogP contribution in [0.4, 0.5) is 17.1 Å². The largest absolute Gasteiger partial charge is 0.494 e. The monoisotopic (exact) mass is 418 g/mol. The van der Waals surface area contributed by atoms with Gasteiger partial charge in [-0.3, -0.25) is 19.8 Å². The first kappa shape index (κ1) is 20.9. The van der Waals surface area contributed by atoms with Gasteiger partial charge in [0.15, 0.2) is 0 Å². The van der Waals surface area contributed by atoms with Gasteiger partial charge in [-0.15, -0.1) is 0 Å². The number of methoxy groups -OCH3 is 1. The standard InChI is InChI=1S/C20H23ClN4O4/c1-14-3-4-15(21)11-18(14)24-9-7-23(8-10-24)13-20(26)22-17-6-5-16(25(27)28)12-19(17)29-2/h3-6,11-12H,7-10,13H2,1-2H3,(H,22,26). The number of nitrogens with zero attached hydrogens (tertiary/aromatic N) is 3. The van der Waals surface area contributed by atoms with Crippen molar-refractivity contribution in [1.29, 1.82) is 0 Å². The van der Waals surface area contributed by atoms with E-state index in [2.05, 4.69) is 22.0 Å². The van der Waals surface area contributed by atoms with Crippen molar-refractivity contribution < 1.29 is 14.5 Å². The number of amides is 1. The van der Waals surface area contributed by atoms with E-state index in [1.54, 1.807) is 0 Å². The molecule has 2 aromatic carbocycles. The highest BCUT2D eigenvalue weighted by molar-refractivity contribution is 6.30. The number of rotatable bonds is 6. The maximum Gasteiger partial charge on any atom is 0.273 e. The number of halogens is 1. The maximum absolute atomic E-state index is 12.4. The van der Waals surface area contributed by atoms with E-state index in [9.17, 15) is 14.9 Å².